The maximum atomic E-state index is 13.3. The number of halogens is 9. The van der Waals surface area contributed by atoms with Crippen LogP contribution in [0.5, 0.6) is 0 Å². The molecule has 2 amide bonds. The lowest BCUT2D eigenvalue weighted by Gasteiger charge is -2.44. The van der Waals surface area contributed by atoms with E-state index >= 15 is 0 Å². The second kappa shape index (κ2) is 31.8. The van der Waals surface area contributed by atoms with Crippen LogP contribution in [0.4, 0.5) is 49.1 Å². The summed E-state index contributed by atoms with van der Waals surface area (Å²) in [5.74, 6) is 0.652. The smallest absolute Gasteiger partial charge is 0.416 e. The Balaban J connectivity index is 0.000000159. The average Bonchev–Trinajstić information content (AvgIpc) is 1.64. The lowest BCUT2D eigenvalue weighted by molar-refractivity contribution is -0.138. The highest BCUT2D eigenvalue weighted by atomic mass is 19.4. The van der Waals surface area contributed by atoms with Crippen LogP contribution in [0.25, 0.3) is 23.2 Å². The minimum atomic E-state index is -4.53. The Morgan fingerprint density at radius 3 is 1.32 bits per heavy atom. The number of pyridine rings is 3. The van der Waals surface area contributed by atoms with Gasteiger partial charge in [-0.05, 0) is 152 Å². The van der Waals surface area contributed by atoms with Gasteiger partial charge in [0.1, 0.15) is 34.1 Å². The van der Waals surface area contributed by atoms with Crippen LogP contribution < -0.4 is 11.1 Å². The Kier molecular flexibility index (Phi) is 23.7. The van der Waals surface area contributed by atoms with Gasteiger partial charge in [-0.3, -0.25) is 9.97 Å². The molecule has 21 nitrogen and oxygen atoms in total. The summed E-state index contributed by atoms with van der Waals surface area (Å²) < 4.78 is 137. The Morgan fingerprint density at radius 1 is 0.551 bits per heavy atom. The predicted molar refractivity (Wildman–Crippen MR) is 375 cm³/mol. The van der Waals surface area contributed by atoms with E-state index < -0.39 is 75.0 Å². The molecule has 8 aromatic rings. The maximum Gasteiger partial charge on any atom is 0.416 e. The van der Waals surface area contributed by atoms with Crippen LogP contribution in [0.15, 0.2) is 160 Å². The van der Waals surface area contributed by atoms with Crippen LogP contribution in [0.3, 0.4) is 0 Å². The third kappa shape index (κ3) is 19.6. The van der Waals surface area contributed by atoms with E-state index in [1.807, 2.05) is 84.0 Å². The van der Waals surface area contributed by atoms with Crippen molar-refractivity contribution >= 4 is 24.0 Å². The number of nitrogens with one attached hydrogen (secondary N) is 1. The maximum absolute atomic E-state index is 13.3. The molecule has 0 spiro atoms. The van der Waals surface area contributed by atoms with Gasteiger partial charge >= 0.3 is 36.7 Å². The standard InChI is InChI=1S/C27H29F3N4O3.C22H21F3N4O.C20H29N3O3.C7H4F3NO2.CH4/c1-25(2,3)36-24(35)34(21-15-19(21)17-8-5-4-6-9-17)16-26(11-7-12-26)23-32-22(37-33-23)20-14-18(10-13-31-20)27(28,29)30;23-22(24,25)15-7-10-26-18(11-15)19-28-20(29-30-19)21(8-4-9-21)13-27-17-12-16(17)14-5-2-1-3-6-14;1-19(2,3)26-18(24)23(13-20(10-7-11-20)17(21)22-25)16-12-15(16)14-8-5-4-6-9-14;8-7(9,10)4-1-2-11-5(3-4)6(12)13;/h4-6,8-10,13-14,19,21H,7,11-12,15-16H2,1-3H3;1-3,5-7,10-11,16-17,27H,4,8-9,12-13H2;4-6,8-9,15-16,25H,7,10-13H2,1-3H3,(H2,21,22);1-3H,(H,12,13);1H4/t19?,21-;16?,17-;15?,16-;;/m000../s1. The third-order valence-corrected chi connectivity index (χ3v) is 20.0. The number of ether oxygens (including phenoxy) is 2. The van der Waals surface area contributed by atoms with Gasteiger partial charge in [-0.25, -0.2) is 19.4 Å². The molecule has 572 valence electrons. The number of carboxylic acid groups (broad SMARTS) is 1. The van der Waals surface area contributed by atoms with Crippen LogP contribution in [0.2, 0.25) is 0 Å². The second-order valence-electron chi connectivity index (χ2n) is 29.9. The van der Waals surface area contributed by atoms with Crippen LogP contribution in [-0.2, 0) is 38.8 Å². The molecule has 6 aliphatic rings. The predicted octanol–water partition coefficient (Wildman–Crippen LogP) is 17.2. The first-order valence-corrected chi connectivity index (χ1v) is 34.9. The number of rotatable bonds is 18. The van der Waals surface area contributed by atoms with Gasteiger partial charge < -0.3 is 49.7 Å². The van der Waals surface area contributed by atoms with Crippen molar-refractivity contribution in [2.75, 3.05) is 19.6 Å². The molecule has 0 aliphatic heterocycles. The van der Waals surface area contributed by atoms with Crippen molar-refractivity contribution in [2.24, 2.45) is 16.3 Å². The van der Waals surface area contributed by atoms with Crippen molar-refractivity contribution in [3.63, 3.8) is 0 Å². The van der Waals surface area contributed by atoms with Gasteiger partial charge in [0.25, 0.3) is 11.8 Å². The second-order valence-corrected chi connectivity index (χ2v) is 29.9. The van der Waals surface area contributed by atoms with E-state index in [2.05, 4.69) is 94.2 Å². The largest absolute Gasteiger partial charge is 0.477 e. The van der Waals surface area contributed by atoms with Crippen molar-refractivity contribution in [1.82, 2.24) is 50.3 Å². The van der Waals surface area contributed by atoms with Crippen LogP contribution in [-0.4, -0.2) is 128 Å². The number of carboxylic acids is 1. The monoisotopic (exact) mass is 1490 g/mol. The molecule has 0 bridgehead atoms. The third-order valence-electron chi connectivity index (χ3n) is 20.0. The van der Waals surface area contributed by atoms with Gasteiger partial charge in [-0.15, -0.1) is 0 Å². The van der Waals surface area contributed by atoms with Gasteiger partial charge in [0.2, 0.25) is 0 Å². The van der Waals surface area contributed by atoms with Crippen LogP contribution in [0, 0.1) is 5.41 Å². The molecule has 6 saturated carbocycles. The van der Waals surface area contributed by atoms with E-state index in [4.69, 9.17) is 29.4 Å². The van der Waals surface area contributed by atoms with E-state index in [1.165, 1.54) is 16.7 Å². The summed E-state index contributed by atoms with van der Waals surface area (Å²) in [5, 5.41) is 32.7. The van der Waals surface area contributed by atoms with Crippen molar-refractivity contribution in [1.29, 1.82) is 0 Å². The number of carbonyl (C=O) groups is 3. The first-order valence-electron chi connectivity index (χ1n) is 34.9. The molecule has 3 aromatic carbocycles. The molecule has 30 heteroatoms. The Bertz CT molecular complexity index is 4360. The lowest BCUT2D eigenvalue weighted by atomic mass is 9.67. The van der Waals surface area contributed by atoms with Gasteiger partial charge in [0, 0.05) is 84.9 Å². The summed E-state index contributed by atoms with van der Waals surface area (Å²) in [6.45, 7) is 12.6. The van der Waals surface area contributed by atoms with Crippen molar-refractivity contribution in [2.45, 2.75) is 202 Å². The van der Waals surface area contributed by atoms with E-state index in [-0.39, 0.29) is 65.9 Å². The summed E-state index contributed by atoms with van der Waals surface area (Å²) in [4.78, 5) is 60.2. The highest BCUT2D eigenvalue weighted by Crippen LogP contribution is 2.52. The molecule has 6 aliphatic carbocycles. The number of alkyl halides is 9. The molecular formula is C77H87F9N12O9. The van der Waals surface area contributed by atoms with Crippen molar-refractivity contribution in [3.8, 4) is 23.2 Å². The zero-order chi connectivity index (χ0) is 76.2. The first kappa shape index (κ1) is 79.6. The normalized spacial score (nSPS) is 20.8. The molecule has 0 radical (unpaired) electrons. The number of hydrogen-bond acceptors (Lipinski definition) is 17. The molecule has 6 fully saturated rings. The molecule has 6 atom stereocenters. The van der Waals surface area contributed by atoms with Gasteiger partial charge in [-0.1, -0.05) is 133 Å². The van der Waals surface area contributed by atoms with Gasteiger partial charge in [-0.2, -0.15) is 49.5 Å². The van der Waals surface area contributed by atoms with E-state index in [0.29, 0.717) is 54.7 Å². The SMILES string of the molecule is C.CC(C)(C)OC(=O)N(CC1(C(N)=NO)CCC1)[C@H]1CC1c1ccccc1.CC(C)(C)OC(=O)N(CC1(c2noc(-c3cc(C(F)(F)F)ccn3)n2)CCC1)[C@H]1CC1c1ccccc1.FC(F)(F)c1ccnc(-c2nc(C3(CN[C@H]4CC4c4ccccc4)CCC3)no2)c1.O=C(O)c1cc(C(F)(F)F)ccn1. The number of amides is 2. The Morgan fingerprint density at radius 2 is 0.944 bits per heavy atom. The quantitative estimate of drug-likeness (QED) is 0.0204. The Labute approximate surface area is 612 Å². The van der Waals surface area contributed by atoms with Crippen LogP contribution >= 0.6 is 0 Å². The summed E-state index contributed by atoms with van der Waals surface area (Å²) >= 11 is 0. The zero-order valence-corrected chi connectivity index (χ0v) is 59.1. The fourth-order valence-corrected chi connectivity index (χ4v) is 13.5. The topological polar surface area (TPSA) is 284 Å². The minimum absolute atomic E-state index is 0. The number of aromatic nitrogens is 7. The number of benzene rings is 3. The molecule has 5 N–H and O–H groups in total. The summed E-state index contributed by atoms with van der Waals surface area (Å²) in [5.41, 5.74) is 4.01. The zero-order valence-electron chi connectivity index (χ0n) is 59.1. The highest BCUT2D eigenvalue weighted by Gasteiger charge is 2.54. The molecule has 3 unspecified atom stereocenters. The number of nitrogens with zero attached hydrogens (tertiary/aromatic N) is 10. The lowest BCUT2D eigenvalue weighted by Crippen LogP contribution is -2.53. The molecule has 107 heavy (non-hydrogen) atoms. The minimum Gasteiger partial charge on any atom is -0.477 e. The number of oxime groups is 1. The Hall–Kier alpha value is -10.0. The number of nitrogens with two attached hydrogens (primary N) is 1. The number of aromatic carboxylic acids is 1. The summed E-state index contributed by atoms with van der Waals surface area (Å²) in [6.07, 6.45) is -0.413. The molecular weight excluding hydrogens is 1410 g/mol. The first-order chi connectivity index (χ1) is 50.1. The number of amidine groups is 1. The van der Waals surface area contributed by atoms with E-state index in [9.17, 15) is 59.1 Å². The molecule has 14 rings (SSSR count). The van der Waals surface area contributed by atoms with Crippen LogP contribution in [0.1, 0.15) is 199 Å². The van der Waals surface area contributed by atoms with E-state index in [0.717, 1.165) is 126 Å². The van der Waals surface area contributed by atoms with Gasteiger partial charge in [0.15, 0.2) is 11.6 Å². The highest BCUT2D eigenvalue weighted by molar-refractivity contribution is 5.88. The summed E-state index contributed by atoms with van der Waals surface area (Å²) in [6, 6.07) is 36.1. The fourth-order valence-electron chi connectivity index (χ4n) is 13.5. The molecule has 5 heterocycles. The van der Waals surface area contributed by atoms with Crippen molar-refractivity contribution in [3.05, 3.63) is 197 Å². The fraction of sp³-hybridized carbons (Fsp3) is 0.468. The molecule has 5 aromatic heterocycles. The van der Waals surface area contributed by atoms with Gasteiger partial charge in [0.05, 0.1) is 22.1 Å². The number of carbonyl (C=O) groups excluding carboxylic acids is 2. The molecule has 0 saturated heterocycles. The average molecular weight is 1500 g/mol. The number of hydrogen-bond donors (Lipinski definition) is 4. The summed E-state index contributed by atoms with van der Waals surface area (Å²) in [7, 11) is 0. The van der Waals surface area contributed by atoms with E-state index in [1.54, 1.807) is 9.80 Å². The van der Waals surface area contributed by atoms with Crippen molar-refractivity contribution < 1.29 is 82.7 Å².